The lowest BCUT2D eigenvalue weighted by atomic mass is 9.83. The van der Waals surface area contributed by atoms with Crippen molar-refractivity contribution in [2.24, 2.45) is 23.7 Å². The summed E-state index contributed by atoms with van der Waals surface area (Å²) in [6, 6.07) is -0.167. The predicted molar refractivity (Wildman–Crippen MR) is 215 cm³/mol. The molecule has 4 N–H and O–H groups in total. The highest BCUT2D eigenvalue weighted by Crippen LogP contribution is 2.47. The highest BCUT2D eigenvalue weighted by molar-refractivity contribution is 6.24. The van der Waals surface area contributed by atoms with E-state index in [0.717, 1.165) is 69.4 Å². The molecule has 0 saturated carbocycles. The molecule has 3 aromatic heterocycles. The Bertz CT molecular complexity index is 2170. The minimum Gasteiger partial charge on any atom is -0.468 e. The maximum Gasteiger partial charge on any atom is 0.321 e. The Hall–Kier alpha value is -4.79. The number of aromatic nitrogens is 3. The normalized spacial score (nSPS) is 23.1. The molecule has 0 aromatic carbocycles. The second-order valence-corrected chi connectivity index (χ2v) is 16.0. The standard InChI is InChI=1S/C45H58N4O5/c1-11-29-25(6)32-20-34-27(8)31(16-17-38(50)54-19-18-24(5)15-13-14-23(3)4)42(48-34)40-41(45(52)53-10)44(51)39-28(9)35(49-43(39)40)22-37-30(12-2)26(7)33(47-37)21-36(29)46-32/h11,18,20-21,23,27,31,34,41,46-49H,1,12-17,19,22H2,2-10H3/b24-18-,32-20-,36-21-,42-40-/t27-,31-,34?,41+/m0/s1. The van der Waals surface area contributed by atoms with Crippen LogP contribution in [0.2, 0.25) is 0 Å². The number of allylic oxidation sites excluding steroid dienone is 2. The molecule has 3 aliphatic rings. The SMILES string of the molecule is C=Cc1c(C)/c2[nH]/c1=C\c1[nH]c(c(CC)c1C)Cc1[nH]c3c(c1C)C(=O)[C@H](C(=O)OC)/C3=C1/NC(\C=2)[C@@H](C)[C@@H]1CCC(=O)OC/C=C(/C)CCCC(C)C. The van der Waals surface area contributed by atoms with Crippen molar-refractivity contribution >= 4 is 41.5 Å². The van der Waals surface area contributed by atoms with Crippen LogP contribution in [0.5, 0.6) is 0 Å². The number of hydrogen-bond donors (Lipinski definition) is 4. The quantitative estimate of drug-likeness (QED) is 0.0899. The lowest BCUT2D eigenvalue weighted by molar-refractivity contribution is -0.143. The van der Waals surface area contributed by atoms with Gasteiger partial charge in [0.15, 0.2) is 5.78 Å². The second-order valence-electron chi connectivity index (χ2n) is 16.0. The number of ketones is 1. The molecular weight excluding hydrogens is 677 g/mol. The number of Topliss-reactive ketones (excluding diaryl/α,β-unsaturated/α-hetero) is 1. The summed E-state index contributed by atoms with van der Waals surface area (Å²) in [7, 11) is 1.33. The molecule has 2 aliphatic heterocycles. The molecule has 0 spiro atoms. The predicted octanol–water partition coefficient (Wildman–Crippen LogP) is 7.03. The molecule has 5 heterocycles. The van der Waals surface area contributed by atoms with Crippen molar-refractivity contribution in [2.45, 2.75) is 106 Å². The first-order chi connectivity index (χ1) is 25.8. The van der Waals surface area contributed by atoms with Gasteiger partial charge in [0, 0.05) is 75.0 Å². The Morgan fingerprint density at radius 3 is 2.48 bits per heavy atom. The Kier molecular flexibility index (Phi) is 11.5. The number of carbonyl (C=O) groups is 3. The zero-order valence-electron chi connectivity index (χ0n) is 33.6. The van der Waals surface area contributed by atoms with E-state index < -0.39 is 11.9 Å². The highest BCUT2D eigenvalue weighted by Gasteiger charge is 2.49. The smallest absolute Gasteiger partial charge is 0.321 e. The summed E-state index contributed by atoms with van der Waals surface area (Å²) in [6.07, 6.45) is 13.7. The molecule has 1 fully saturated rings. The van der Waals surface area contributed by atoms with Gasteiger partial charge in [-0.25, -0.2) is 0 Å². The van der Waals surface area contributed by atoms with Crippen LogP contribution < -0.4 is 16.0 Å². The highest BCUT2D eigenvalue weighted by atomic mass is 16.5. The number of esters is 2. The first kappa shape index (κ1) is 38.9. The molecule has 288 valence electrons. The number of fused-ring (bicyclic) bond motifs is 7. The topological polar surface area (TPSA) is 129 Å². The summed E-state index contributed by atoms with van der Waals surface area (Å²) in [5.74, 6) is -1.72. The van der Waals surface area contributed by atoms with Crippen LogP contribution in [0.15, 0.2) is 23.9 Å². The molecule has 1 saturated heterocycles. The van der Waals surface area contributed by atoms with E-state index in [1.165, 1.54) is 30.2 Å². The summed E-state index contributed by atoms with van der Waals surface area (Å²) in [5.41, 5.74) is 12.3. The van der Waals surface area contributed by atoms with E-state index in [1.54, 1.807) is 0 Å². The van der Waals surface area contributed by atoms with E-state index in [4.69, 9.17) is 9.47 Å². The molecule has 3 aromatic rings. The van der Waals surface area contributed by atoms with Gasteiger partial charge in [0.05, 0.1) is 12.8 Å². The minimum atomic E-state index is -1.11. The molecular formula is C45H58N4O5. The summed E-state index contributed by atoms with van der Waals surface area (Å²) >= 11 is 0. The Labute approximate surface area is 319 Å². The average Bonchev–Trinajstić information content (AvgIpc) is 3.87. The third-order valence-electron chi connectivity index (χ3n) is 12.1. The van der Waals surface area contributed by atoms with E-state index in [1.807, 2.05) is 19.1 Å². The third-order valence-corrected chi connectivity index (χ3v) is 12.1. The number of nitrogens with one attached hydrogen (secondary N) is 4. The van der Waals surface area contributed by atoms with E-state index >= 15 is 0 Å². The fraction of sp³-hybridized carbons (Fsp3) is 0.489. The summed E-state index contributed by atoms with van der Waals surface area (Å²) in [4.78, 5) is 52.1. The van der Waals surface area contributed by atoms with Crippen LogP contribution in [0.4, 0.5) is 0 Å². The summed E-state index contributed by atoms with van der Waals surface area (Å²) < 4.78 is 11.0. The van der Waals surface area contributed by atoms with E-state index in [9.17, 15) is 14.4 Å². The van der Waals surface area contributed by atoms with Crippen LogP contribution in [-0.4, -0.2) is 52.4 Å². The number of H-pyrrole nitrogens is 3. The van der Waals surface area contributed by atoms with Crippen LogP contribution in [0.25, 0.3) is 23.8 Å². The van der Waals surface area contributed by atoms with Crippen LogP contribution >= 0.6 is 0 Å². The molecule has 9 heteroatoms. The maximum atomic E-state index is 14.3. The van der Waals surface area contributed by atoms with Crippen LogP contribution in [0.1, 0.15) is 128 Å². The number of methoxy groups -OCH3 is 1. The van der Waals surface area contributed by atoms with Crippen molar-refractivity contribution in [1.29, 1.82) is 0 Å². The largest absolute Gasteiger partial charge is 0.468 e. The van der Waals surface area contributed by atoms with Crippen molar-refractivity contribution in [3.8, 4) is 0 Å². The molecule has 1 aliphatic carbocycles. The van der Waals surface area contributed by atoms with Gasteiger partial charge >= 0.3 is 11.9 Å². The number of aromatic amines is 3. The fourth-order valence-electron chi connectivity index (χ4n) is 8.90. The Morgan fingerprint density at radius 1 is 1.04 bits per heavy atom. The summed E-state index contributed by atoms with van der Waals surface area (Å²) in [6.45, 7) is 21.5. The van der Waals surface area contributed by atoms with Crippen molar-refractivity contribution in [3.05, 3.63) is 90.8 Å². The van der Waals surface area contributed by atoms with Gasteiger partial charge in [0.1, 0.15) is 12.5 Å². The Morgan fingerprint density at radius 2 is 1.80 bits per heavy atom. The Balaban J connectivity index is 1.45. The van der Waals surface area contributed by atoms with Crippen LogP contribution in [-0.2, 0) is 31.9 Å². The van der Waals surface area contributed by atoms with Gasteiger partial charge < -0.3 is 29.7 Å². The number of carbonyl (C=O) groups excluding carboxylic acids is 3. The maximum absolute atomic E-state index is 14.3. The molecule has 0 amide bonds. The van der Waals surface area contributed by atoms with Gasteiger partial charge in [-0.1, -0.05) is 52.3 Å². The number of rotatable bonds is 12. The average molecular weight is 735 g/mol. The molecule has 6 rings (SSSR count). The number of hydrogen-bond acceptors (Lipinski definition) is 6. The third kappa shape index (κ3) is 7.21. The van der Waals surface area contributed by atoms with Gasteiger partial charge in [-0.2, -0.15) is 0 Å². The second kappa shape index (κ2) is 15.9. The van der Waals surface area contributed by atoms with E-state index in [2.05, 4.69) is 87.5 Å². The van der Waals surface area contributed by atoms with Crippen molar-refractivity contribution < 1.29 is 23.9 Å². The molecule has 9 nitrogen and oxygen atoms in total. The van der Waals surface area contributed by atoms with E-state index in [0.29, 0.717) is 35.6 Å². The first-order valence-corrected chi connectivity index (χ1v) is 19.7. The molecule has 0 radical (unpaired) electrons. The van der Waals surface area contributed by atoms with Crippen molar-refractivity contribution in [2.75, 3.05) is 13.7 Å². The molecule has 8 bridgehead atoms. The monoisotopic (exact) mass is 734 g/mol. The first-order valence-electron chi connectivity index (χ1n) is 19.7. The van der Waals surface area contributed by atoms with Crippen molar-refractivity contribution in [1.82, 2.24) is 20.3 Å². The molecule has 1 unspecified atom stereocenters. The fourth-order valence-corrected chi connectivity index (χ4v) is 8.90. The van der Waals surface area contributed by atoms with Crippen LogP contribution in [0.3, 0.4) is 0 Å². The van der Waals surface area contributed by atoms with Gasteiger partial charge in [-0.3, -0.25) is 14.4 Å². The van der Waals surface area contributed by atoms with Crippen LogP contribution in [0, 0.1) is 44.4 Å². The van der Waals surface area contributed by atoms with Gasteiger partial charge in [-0.05, 0) is 106 Å². The number of ether oxygens (including phenoxy) is 2. The molecule has 54 heavy (non-hydrogen) atoms. The zero-order valence-corrected chi connectivity index (χ0v) is 33.6. The summed E-state index contributed by atoms with van der Waals surface area (Å²) in [5, 5.41) is 5.72. The van der Waals surface area contributed by atoms with Gasteiger partial charge in [0.25, 0.3) is 0 Å². The van der Waals surface area contributed by atoms with Crippen molar-refractivity contribution in [3.63, 3.8) is 0 Å². The zero-order chi connectivity index (χ0) is 39.0. The molecule has 4 atom stereocenters. The lowest BCUT2D eigenvalue weighted by Crippen LogP contribution is -2.28. The minimum absolute atomic E-state index is 0.00858. The van der Waals surface area contributed by atoms with Gasteiger partial charge in [0.2, 0.25) is 0 Å². The lowest BCUT2D eigenvalue weighted by Gasteiger charge is -2.20. The van der Waals surface area contributed by atoms with Gasteiger partial charge in [-0.15, -0.1) is 0 Å². The van der Waals surface area contributed by atoms with E-state index in [-0.39, 0.29) is 42.7 Å².